The third-order valence-electron chi connectivity index (χ3n) is 3.71. The second-order valence-corrected chi connectivity index (χ2v) is 7.49. The Morgan fingerprint density at radius 2 is 2.15 bits per heavy atom. The minimum Gasteiger partial charge on any atom is -0.459 e. The molecular weight excluding hydrogens is 420 g/mol. The van der Waals surface area contributed by atoms with Crippen LogP contribution in [0.4, 0.5) is 4.79 Å². The van der Waals surface area contributed by atoms with Gasteiger partial charge in [0.05, 0.1) is 11.2 Å². The maximum absolute atomic E-state index is 12.4. The van der Waals surface area contributed by atoms with Crippen LogP contribution in [0.25, 0.3) is 6.08 Å². The lowest BCUT2D eigenvalue weighted by Crippen LogP contribution is -2.37. The number of aryl methyl sites for hydroxylation is 1. The lowest BCUT2D eigenvalue weighted by Gasteiger charge is -2.12. The summed E-state index contributed by atoms with van der Waals surface area (Å²) in [5.74, 6) is -0.499. The maximum Gasteiger partial charge on any atom is 0.293 e. The third-order valence-corrected chi connectivity index (χ3v) is 5.11. The number of halogens is 1. The van der Waals surface area contributed by atoms with E-state index in [1.165, 1.54) is 6.26 Å². The lowest BCUT2D eigenvalue weighted by atomic mass is 10.2. The zero-order valence-electron chi connectivity index (χ0n) is 13.8. The molecule has 3 amide bonds. The number of furan rings is 1. The second kappa shape index (κ2) is 7.92. The summed E-state index contributed by atoms with van der Waals surface area (Å²) < 4.78 is 6.00. The van der Waals surface area contributed by atoms with Crippen molar-refractivity contribution in [2.45, 2.75) is 6.92 Å². The minimum absolute atomic E-state index is 0.103. The molecule has 1 N–H and O–H groups in total. The van der Waals surface area contributed by atoms with Crippen LogP contribution in [0.1, 0.15) is 21.7 Å². The molecule has 0 aliphatic carbocycles. The highest BCUT2D eigenvalue weighted by molar-refractivity contribution is 9.10. The first-order chi connectivity index (χ1) is 12.5. The number of carbonyl (C=O) groups excluding carboxylic acids is 3. The maximum atomic E-state index is 12.4. The van der Waals surface area contributed by atoms with Crippen LogP contribution in [0, 0.1) is 6.92 Å². The van der Waals surface area contributed by atoms with Gasteiger partial charge in [-0.2, -0.15) is 0 Å². The summed E-state index contributed by atoms with van der Waals surface area (Å²) in [4.78, 5) is 38.0. The average molecular weight is 435 g/mol. The van der Waals surface area contributed by atoms with Gasteiger partial charge >= 0.3 is 0 Å². The Morgan fingerprint density at radius 1 is 1.35 bits per heavy atom. The molecule has 1 aromatic carbocycles. The van der Waals surface area contributed by atoms with Crippen LogP contribution in [0.15, 0.2) is 50.4 Å². The molecular formula is C18H15BrN2O4S. The van der Waals surface area contributed by atoms with Crippen molar-refractivity contribution in [3.8, 4) is 0 Å². The topological polar surface area (TPSA) is 79.6 Å². The summed E-state index contributed by atoms with van der Waals surface area (Å²) in [6.07, 6.45) is 3.12. The van der Waals surface area contributed by atoms with Crippen molar-refractivity contribution in [1.29, 1.82) is 0 Å². The van der Waals surface area contributed by atoms with Gasteiger partial charge in [0.1, 0.15) is 0 Å². The fourth-order valence-corrected chi connectivity index (χ4v) is 3.69. The Kier molecular flexibility index (Phi) is 5.63. The van der Waals surface area contributed by atoms with Gasteiger partial charge in [0.25, 0.3) is 17.1 Å². The Bertz CT molecular complexity index is 906. The number of rotatable bonds is 5. The standard InChI is InChI=1S/C18H15BrN2O4S/c1-11-5-8-25-15(11)16(22)20-6-7-21-17(23)14(26-18(21)24)10-12-3-2-4-13(19)9-12/h2-5,8-10H,6-7H2,1H3,(H,20,22)/b14-10-. The van der Waals surface area contributed by atoms with E-state index in [1.54, 1.807) is 19.1 Å². The zero-order valence-corrected chi connectivity index (χ0v) is 16.2. The van der Waals surface area contributed by atoms with Crippen LogP contribution in [0.5, 0.6) is 0 Å². The van der Waals surface area contributed by atoms with Gasteiger partial charge in [-0.1, -0.05) is 28.1 Å². The van der Waals surface area contributed by atoms with Crippen LogP contribution in [-0.4, -0.2) is 35.0 Å². The molecule has 0 saturated carbocycles. The molecule has 1 aliphatic heterocycles. The van der Waals surface area contributed by atoms with Gasteiger partial charge in [-0.05, 0) is 48.5 Å². The number of thioether (sulfide) groups is 1. The van der Waals surface area contributed by atoms with E-state index in [1.807, 2.05) is 24.3 Å². The number of benzene rings is 1. The molecule has 1 aromatic heterocycles. The van der Waals surface area contributed by atoms with Crippen molar-refractivity contribution >= 4 is 50.8 Å². The van der Waals surface area contributed by atoms with Gasteiger partial charge in [0.2, 0.25) is 0 Å². The molecule has 3 rings (SSSR count). The van der Waals surface area contributed by atoms with Crippen molar-refractivity contribution in [2.75, 3.05) is 13.1 Å². The molecule has 1 saturated heterocycles. The minimum atomic E-state index is -0.371. The first-order valence-corrected chi connectivity index (χ1v) is 9.40. The molecule has 8 heteroatoms. The molecule has 1 fully saturated rings. The predicted octanol–water partition coefficient (Wildman–Crippen LogP) is 3.82. The summed E-state index contributed by atoms with van der Waals surface area (Å²) >= 11 is 4.27. The number of carbonyl (C=O) groups is 3. The SMILES string of the molecule is Cc1ccoc1C(=O)NCCN1C(=O)S/C(=C\c2cccc(Br)c2)C1=O. The highest BCUT2D eigenvalue weighted by Gasteiger charge is 2.34. The number of nitrogens with one attached hydrogen (secondary N) is 1. The molecule has 2 aromatic rings. The molecule has 0 radical (unpaired) electrons. The smallest absolute Gasteiger partial charge is 0.293 e. The normalized spacial score (nSPS) is 15.8. The van der Waals surface area contributed by atoms with Gasteiger partial charge in [0, 0.05) is 23.1 Å². The molecule has 0 spiro atoms. The molecule has 26 heavy (non-hydrogen) atoms. The Hall–Kier alpha value is -2.32. The fourth-order valence-electron chi connectivity index (χ4n) is 2.41. The molecule has 0 bridgehead atoms. The Labute approximate surface area is 162 Å². The summed E-state index contributed by atoms with van der Waals surface area (Å²) in [5.41, 5.74) is 1.55. The highest BCUT2D eigenvalue weighted by Crippen LogP contribution is 2.32. The Balaban J connectivity index is 1.61. The lowest BCUT2D eigenvalue weighted by molar-refractivity contribution is -0.122. The van der Waals surface area contributed by atoms with E-state index in [0.29, 0.717) is 4.91 Å². The molecule has 134 valence electrons. The fraction of sp³-hybridized carbons (Fsp3) is 0.167. The average Bonchev–Trinajstić information content (AvgIpc) is 3.13. The number of imide groups is 1. The van der Waals surface area contributed by atoms with E-state index in [0.717, 1.165) is 32.3 Å². The molecule has 0 unspecified atom stereocenters. The van der Waals surface area contributed by atoms with Crippen LogP contribution in [0.2, 0.25) is 0 Å². The summed E-state index contributed by atoms with van der Waals surface area (Å²) in [6.45, 7) is 2.02. The summed E-state index contributed by atoms with van der Waals surface area (Å²) in [7, 11) is 0. The largest absolute Gasteiger partial charge is 0.459 e. The second-order valence-electron chi connectivity index (χ2n) is 5.58. The monoisotopic (exact) mass is 434 g/mol. The van der Waals surface area contributed by atoms with Crippen molar-refractivity contribution < 1.29 is 18.8 Å². The number of hydrogen-bond acceptors (Lipinski definition) is 5. The van der Waals surface area contributed by atoms with Gasteiger partial charge in [-0.3, -0.25) is 19.3 Å². The number of amides is 3. The molecule has 1 aliphatic rings. The van der Waals surface area contributed by atoms with Crippen molar-refractivity contribution in [3.05, 3.63) is 62.9 Å². The van der Waals surface area contributed by atoms with Crippen molar-refractivity contribution in [3.63, 3.8) is 0 Å². The first kappa shape index (κ1) is 18.5. The third kappa shape index (κ3) is 4.08. The molecule has 6 nitrogen and oxygen atoms in total. The van der Waals surface area contributed by atoms with E-state index in [2.05, 4.69) is 21.2 Å². The van der Waals surface area contributed by atoms with Crippen LogP contribution >= 0.6 is 27.7 Å². The summed E-state index contributed by atoms with van der Waals surface area (Å²) in [6, 6.07) is 9.14. The zero-order chi connectivity index (χ0) is 18.7. The van der Waals surface area contributed by atoms with Gasteiger partial charge in [0.15, 0.2) is 5.76 Å². The molecule has 0 atom stereocenters. The van der Waals surface area contributed by atoms with Gasteiger partial charge in [-0.15, -0.1) is 0 Å². The van der Waals surface area contributed by atoms with E-state index in [9.17, 15) is 14.4 Å². The number of nitrogens with zero attached hydrogens (tertiary/aromatic N) is 1. The van der Waals surface area contributed by atoms with Crippen LogP contribution < -0.4 is 5.32 Å². The van der Waals surface area contributed by atoms with Crippen LogP contribution in [0.3, 0.4) is 0 Å². The van der Waals surface area contributed by atoms with Crippen molar-refractivity contribution in [2.24, 2.45) is 0 Å². The van der Waals surface area contributed by atoms with Crippen LogP contribution in [-0.2, 0) is 4.79 Å². The summed E-state index contributed by atoms with van der Waals surface area (Å²) in [5, 5.41) is 2.30. The van der Waals surface area contributed by atoms with E-state index in [4.69, 9.17) is 4.42 Å². The van der Waals surface area contributed by atoms with Gasteiger partial charge < -0.3 is 9.73 Å². The van der Waals surface area contributed by atoms with E-state index >= 15 is 0 Å². The van der Waals surface area contributed by atoms with Gasteiger partial charge in [-0.25, -0.2) is 0 Å². The van der Waals surface area contributed by atoms with E-state index < -0.39 is 0 Å². The number of hydrogen-bond donors (Lipinski definition) is 1. The predicted molar refractivity (Wildman–Crippen MR) is 103 cm³/mol. The van der Waals surface area contributed by atoms with Crippen molar-refractivity contribution in [1.82, 2.24) is 10.2 Å². The highest BCUT2D eigenvalue weighted by atomic mass is 79.9. The van der Waals surface area contributed by atoms with E-state index in [-0.39, 0.29) is 35.9 Å². The Morgan fingerprint density at radius 3 is 2.85 bits per heavy atom. The first-order valence-electron chi connectivity index (χ1n) is 7.79. The quantitative estimate of drug-likeness (QED) is 0.723. The molecule has 2 heterocycles.